The SMILES string of the molecule is C1=CCCCC[C@@H]2O[C@@H]2C=CCC1. The minimum absolute atomic E-state index is 0.461. The van der Waals surface area contributed by atoms with E-state index < -0.39 is 0 Å². The van der Waals surface area contributed by atoms with Gasteiger partial charge >= 0.3 is 0 Å². The van der Waals surface area contributed by atoms with Crippen molar-refractivity contribution >= 4 is 0 Å². The molecule has 0 aromatic rings. The van der Waals surface area contributed by atoms with Crippen LogP contribution in [0.15, 0.2) is 24.3 Å². The first-order chi connectivity index (χ1) is 6.47. The summed E-state index contributed by atoms with van der Waals surface area (Å²) < 4.78 is 5.52. The number of hydrogen-bond acceptors (Lipinski definition) is 1. The van der Waals surface area contributed by atoms with Crippen LogP contribution in [0.2, 0.25) is 0 Å². The topological polar surface area (TPSA) is 12.5 Å². The van der Waals surface area contributed by atoms with Crippen LogP contribution in [0.5, 0.6) is 0 Å². The van der Waals surface area contributed by atoms with Gasteiger partial charge < -0.3 is 4.74 Å². The van der Waals surface area contributed by atoms with Gasteiger partial charge in [0, 0.05) is 0 Å². The Morgan fingerprint density at radius 3 is 2.77 bits per heavy atom. The maximum absolute atomic E-state index is 5.52. The Hall–Kier alpha value is -0.560. The van der Waals surface area contributed by atoms with E-state index in [1.807, 2.05) is 0 Å². The highest BCUT2D eigenvalue weighted by Crippen LogP contribution is 2.28. The van der Waals surface area contributed by atoms with Gasteiger partial charge in [0.15, 0.2) is 0 Å². The van der Waals surface area contributed by atoms with E-state index in [-0.39, 0.29) is 0 Å². The van der Waals surface area contributed by atoms with Gasteiger partial charge in [0.05, 0.1) is 6.10 Å². The number of ether oxygens (including phenoxy) is 1. The lowest BCUT2D eigenvalue weighted by Gasteiger charge is -1.95. The lowest BCUT2D eigenvalue weighted by molar-refractivity contribution is 0.374. The molecule has 0 unspecified atom stereocenters. The molecule has 2 atom stereocenters. The van der Waals surface area contributed by atoms with E-state index in [0.29, 0.717) is 12.2 Å². The van der Waals surface area contributed by atoms with Crippen LogP contribution in [0.4, 0.5) is 0 Å². The summed E-state index contributed by atoms with van der Waals surface area (Å²) in [7, 11) is 0. The largest absolute Gasteiger partial charge is 0.365 e. The van der Waals surface area contributed by atoms with Crippen molar-refractivity contribution < 1.29 is 4.74 Å². The molecule has 1 fully saturated rings. The Morgan fingerprint density at radius 2 is 1.77 bits per heavy atom. The molecule has 1 heterocycles. The monoisotopic (exact) mass is 178 g/mol. The molecule has 0 amide bonds. The van der Waals surface area contributed by atoms with E-state index in [0.717, 1.165) is 0 Å². The zero-order chi connectivity index (χ0) is 8.93. The molecule has 0 aromatic carbocycles. The third-order valence-electron chi connectivity index (χ3n) is 2.72. The second-order valence-electron chi connectivity index (χ2n) is 3.90. The fourth-order valence-electron chi connectivity index (χ4n) is 1.82. The molecule has 2 aliphatic rings. The normalized spacial score (nSPS) is 34.5. The highest BCUT2D eigenvalue weighted by atomic mass is 16.6. The van der Waals surface area contributed by atoms with Crippen molar-refractivity contribution in [3.63, 3.8) is 0 Å². The Morgan fingerprint density at radius 1 is 0.923 bits per heavy atom. The Labute approximate surface area is 80.5 Å². The summed E-state index contributed by atoms with van der Waals surface area (Å²) in [5, 5.41) is 0. The average Bonchev–Trinajstić information content (AvgIpc) is 2.83. The number of fused-ring (bicyclic) bond motifs is 1. The number of hydrogen-bond donors (Lipinski definition) is 0. The summed E-state index contributed by atoms with van der Waals surface area (Å²) in [5.74, 6) is 0. The van der Waals surface area contributed by atoms with Crippen LogP contribution in [0.1, 0.15) is 38.5 Å². The Balaban J connectivity index is 1.80. The molecular formula is C12H18O. The highest BCUT2D eigenvalue weighted by molar-refractivity contribution is 5.03. The molecule has 1 aliphatic heterocycles. The highest BCUT2D eigenvalue weighted by Gasteiger charge is 2.35. The fourth-order valence-corrected chi connectivity index (χ4v) is 1.82. The molecular weight excluding hydrogens is 160 g/mol. The zero-order valence-corrected chi connectivity index (χ0v) is 8.11. The van der Waals surface area contributed by atoms with Crippen molar-refractivity contribution in [2.45, 2.75) is 50.7 Å². The molecule has 13 heavy (non-hydrogen) atoms. The first-order valence-corrected chi connectivity index (χ1v) is 5.44. The van der Waals surface area contributed by atoms with Gasteiger partial charge in [-0.25, -0.2) is 0 Å². The van der Waals surface area contributed by atoms with E-state index in [1.54, 1.807) is 0 Å². The van der Waals surface area contributed by atoms with Crippen molar-refractivity contribution in [2.75, 3.05) is 0 Å². The Kier molecular flexibility index (Phi) is 3.20. The third kappa shape index (κ3) is 3.00. The smallest absolute Gasteiger partial charge is 0.102 e. The summed E-state index contributed by atoms with van der Waals surface area (Å²) in [6, 6.07) is 0. The first-order valence-electron chi connectivity index (χ1n) is 5.44. The molecule has 1 heteroatoms. The van der Waals surface area contributed by atoms with Gasteiger partial charge in [-0.1, -0.05) is 30.7 Å². The first kappa shape index (κ1) is 9.01. The molecule has 1 saturated heterocycles. The summed E-state index contributed by atoms with van der Waals surface area (Å²) in [6.07, 6.45) is 17.6. The van der Waals surface area contributed by atoms with Crippen molar-refractivity contribution in [1.29, 1.82) is 0 Å². The van der Waals surface area contributed by atoms with Crippen LogP contribution in [0.25, 0.3) is 0 Å². The van der Waals surface area contributed by atoms with Crippen molar-refractivity contribution in [1.82, 2.24) is 0 Å². The number of allylic oxidation sites excluding steroid dienone is 3. The predicted molar refractivity (Wildman–Crippen MR) is 54.6 cm³/mol. The number of rotatable bonds is 0. The van der Waals surface area contributed by atoms with Gasteiger partial charge in [0.25, 0.3) is 0 Å². The Bertz CT molecular complexity index is 205. The summed E-state index contributed by atoms with van der Waals surface area (Å²) in [4.78, 5) is 0. The minimum Gasteiger partial charge on any atom is -0.365 e. The maximum Gasteiger partial charge on any atom is 0.102 e. The van der Waals surface area contributed by atoms with Gasteiger partial charge in [-0.05, 0) is 32.1 Å². The van der Waals surface area contributed by atoms with E-state index in [9.17, 15) is 0 Å². The van der Waals surface area contributed by atoms with Crippen LogP contribution in [-0.2, 0) is 4.74 Å². The zero-order valence-electron chi connectivity index (χ0n) is 8.11. The van der Waals surface area contributed by atoms with Crippen molar-refractivity contribution in [2.24, 2.45) is 0 Å². The van der Waals surface area contributed by atoms with E-state index >= 15 is 0 Å². The van der Waals surface area contributed by atoms with E-state index in [4.69, 9.17) is 4.74 Å². The molecule has 1 nitrogen and oxygen atoms in total. The summed E-state index contributed by atoms with van der Waals surface area (Å²) in [6.45, 7) is 0. The van der Waals surface area contributed by atoms with Gasteiger partial charge in [-0.15, -0.1) is 0 Å². The number of epoxide rings is 1. The van der Waals surface area contributed by atoms with Crippen LogP contribution in [0.3, 0.4) is 0 Å². The molecule has 0 radical (unpaired) electrons. The van der Waals surface area contributed by atoms with Crippen molar-refractivity contribution in [3.8, 4) is 0 Å². The molecule has 0 bridgehead atoms. The minimum atomic E-state index is 0.461. The standard InChI is InChI=1S/C12H18O/c1-2-4-6-8-10-12-11(13-12)9-7-5-3-1/h1-2,7,9,11-12H,3-6,8,10H2/t11-,12+/m1/s1. The predicted octanol–water partition coefficient (Wildman–Crippen LogP) is 3.22. The van der Waals surface area contributed by atoms with Crippen LogP contribution >= 0.6 is 0 Å². The van der Waals surface area contributed by atoms with Gasteiger partial charge in [0.2, 0.25) is 0 Å². The molecule has 0 spiro atoms. The van der Waals surface area contributed by atoms with Crippen molar-refractivity contribution in [3.05, 3.63) is 24.3 Å². The third-order valence-corrected chi connectivity index (χ3v) is 2.72. The molecule has 0 N–H and O–H groups in total. The lowest BCUT2D eigenvalue weighted by Crippen LogP contribution is -1.91. The summed E-state index contributed by atoms with van der Waals surface area (Å²) in [5.41, 5.74) is 0. The molecule has 72 valence electrons. The second-order valence-corrected chi connectivity index (χ2v) is 3.90. The van der Waals surface area contributed by atoms with Gasteiger partial charge in [-0.3, -0.25) is 0 Å². The molecule has 0 saturated carbocycles. The molecule has 1 aliphatic carbocycles. The van der Waals surface area contributed by atoms with Crippen LogP contribution in [0, 0.1) is 0 Å². The average molecular weight is 178 g/mol. The molecule has 0 aromatic heterocycles. The van der Waals surface area contributed by atoms with E-state index in [2.05, 4.69) is 24.3 Å². The van der Waals surface area contributed by atoms with Gasteiger partial charge in [-0.2, -0.15) is 0 Å². The summed E-state index contributed by atoms with van der Waals surface area (Å²) >= 11 is 0. The van der Waals surface area contributed by atoms with E-state index in [1.165, 1.54) is 38.5 Å². The second kappa shape index (κ2) is 4.61. The van der Waals surface area contributed by atoms with Crippen LogP contribution in [-0.4, -0.2) is 12.2 Å². The maximum atomic E-state index is 5.52. The molecule has 2 rings (SSSR count). The quantitative estimate of drug-likeness (QED) is 0.410. The lowest BCUT2D eigenvalue weighted by atomic mass is 10.1. The van der Waals surface area contributed by atoms with Crippen LogP contribution < -0.4 is 0 Å². The van der Waals surface area contributed by atoms with Gasteiger partial charge in [0.1, 0.15) is 6.10 Å². The fraction of sp³-hybridized carbons (Fsp3) is 0.667.